The average Bonchev–Trinajstić information content (AvgIpc) is 3.11. The van der Waals surface area contributed by atoms with Gasteiger partial charge in [0.25, 0.3) is 5.56 Å². The van der Waals surface area contributed by atoms with E-state index in [2.05, 4.69) is 0 Å². The molecular formula is C19H24N4O5. The van der Waals surface area contributed by atoms with Crippen molar-refractivity contribution in [1.82, 2.24) is 14.0 Å². The van der Waals surface area contributed by atoms with Gasteiger partial charge in [0, 0.05) is 20.1 Å². The van der Waals surface area contributed by atoms with Gasteiger partial charge >= 0.3 is 5.69 Å². The summed E-state index contributed by atoms with van der Waals surface area (Å²) in [5, 5.41) is 0. The minimum atomic E-state index is -0.670. The third-order valence-corrected chi connectivity index (χ3v) is 4.61. The molecule has 150 valence electrons. The molecule has 1 aliphatic heterocycles. The molecular weight excluding hydrogens is 364 g/mol. The lowest BCUT2D eigenvalue weighted by molar-refractivity contribution is 0.0941. The van der Waals surface area contributed by atoms with E-state index in [0.717, 1.165) is 10.1 Å². The number of benzene rings is 1. The Bertz CT molecular complexity index is 1020. The second-order valence-corrected chi connectivity index (χ2v) is 6.84. The standard InChI is InChI=1S/C19H24N4O5/c1-4-7-23-17(20)16(18(25)22(3)19(23)26)13(24)10-21(2)9-12-5-6-14-15(8-12)28-11-27-14/h5-6,8H,4,7,9-11,20H2,1-3H3. The van der Waals surface area contributed by atoms with E-state index >= 15 is 0 Å². The number of likely N-dealkylation sites (N-methyl/N-ethyl adjacent to an activating group) is 1. The molecule has 0 fully saturated rings. The third kappa shape index (κ3) is 3.65. The Balaban J connectivity index is 1.81. The molecule has 0 radical (unpaired) electrons. The zero-order valence-corrected chi connectivity index (χ0v) is 16.2. The van der Waals surface area contributed by atoms with Crippen LogP contribution in [0.1, 0.15) is 29.3 Å². The molecule has 0 atom stereocenters. The molecule has 2 heterocycles. The number of aromatic nitrogens is 2. The fourth-order valence-corrected chi connectivity index (χ4v) is 3.22. The maximum Gasteiger partial charge on any atom is 0.332 e. The van der Waals surface area contributed by atoms with Crippen LogP contribution in [-0.2, 0) is 20.1 Å². The van der Waals surface area contributed by atoms with E-state index in [4.69, 9.17) is 15.2 Å². The SMILES string of the molecule is CCCn1c(N)c(C(=O)CN(C)Cc2ccc3c(c2)OCO3)c(=O)n(C)c1=O. The fourth-order valence-electron chi connectivity index (χ4n) is 3.22. The van der Waals surface area contributed by atoms with Crippen LogP contribution in [0.15, 0.2) is 27.8 Å². The van der Waals surface area contributed by atoms with E-state index < -0.39 is 17.0 Å². The lowest BCUT2D eigenvalue weighted by Crippen LogP contribution is -2.43. The Morgan fingerprint density at radius 3 is 2.68 bits per heavy atom. The van der Waals surface area contributed by atoms with Crippen molar-refractivity contribution < 1.29 is 14.3 Å². The van der Waals surface area contributed by atoms with Crippen LogP contribution in [0.2, 0.25) is 0 Å². The molecule has 0 unspecified atom stereocenters. The molecule has 9 heteroatoms. The number of nitrogens with two attached hydrogens (primary N) is 1. The van der Waals surface area contributed by atoms with Gasteiger partial charge in [-0.1, -0.05) is 13.0 Å². The summed E-state index contributed by atoms with van der Waals surface area (Å²) in [7, 11) is 3.12. The van der Waals surface area contributed by atoms with Crippen LogP contribution >= 0.6 is 0 Å². The smallest absolute Gasteiger partial charge is 0.332 e. The summed E-state index contributed by atoms with van der Waals surface area (Å²) in [6.45, 7) is 2.88. The van der Waals surface area contributed by atoms with Crippen molar-refractivity contribution in [2.24, 2.45) is 7.05 Å². The predicted octanol–water partition coefficient (Wildman–Crippen LogP) is 0.583. The Labute approximate surface area is 161 Å². The van der Waals surface area contributed by atoms with E-state index in [1.54, 1.807) is 11.9 Å². The Morgan fingerprint density at radius 1 is 1.25 bits per heavy atom. The molecule has 0 saturated heterocycles. The van der Waals surface area contributed by atoms with Gasteiger partial charge in [-0.3, -0.25) is 23.6 Å². The lowest BCUT2D eigenvalue weighted by atomic mass is 10.1. The van der Waals surface area contributed by atoms with Crippen LogP contribution in [0.3, 0.4) is 0 Å². The van der Waals surface area contributed by atoms with Gasteiger partial charge in [0.05, 0.1) is 6.54 Å². The molecule has 1 aromatic heterocycles. The summed E-state index contributed by atoms with van der Waals surface area (Å²) in [6.07, 6.45) is 0.653. The van der Waals surface area contributed by atoms with Crippen LogP contribution in [-0.4, -0.2) is 40.2 Å². The van der Waals surface area contributed by atoms with Gasteiger partial charge in [0.2, 0.25) is 6.79 Å². The number of hydrogen-bond donors (Lipinski definition) is 1. The van der Waals surface area contributed by atoms with Gasteiger partial charge in [-0.15, -0.1) is 0 Å². The van der Waals surface area contributed by atoms with E-state index in [9.17, 15) is 14.4 Å². The number of carbonyl (C=O) groups is 1. The number of carbonyl (C=O) groups excluding carboxylic acids is 1. The highest BCUT2D eigenvalue weighted by Gasteiger charge is 2.22. The zero-order valence-electron chi connectivity index (χ0n) is 16.2. The Kier molecular flexibility index (Phi) is 5.55. The molecule has 1 aromatic carbocycles. The highest BCUT2D eigenvalue weighted by molar-refractivity contribution is 6.01. The second kappa shape index (κ2) is 7.89. The molecule has 0 bridgehead atoms. The van der Waals surface area contributed by atoms with Crippen molar-refractivity contribution in [3.05, 3.63) is 50.2 Å². The number of nitrogens with zero attached hydrogens (tertiary/aromatic N) is 3. The summed E-state index contributed by atoms with van der Waals surface area (Å²) in [4.78, 5) is 39.3. The number of ketones is 1. The molecule has 28 heavy (non-hydrogen) atoms. The van der Waals surface area contributed by atoms with E-state index in [1.165, 1.54) is 11.6 Å². The lowest BCUT2D eigenvalue weighted by Gasteiger charge is -2.18. The normalized spacial score (nSPS) is 12.6. The molecule has 0 saturated carbocycles. The van der Waals surface area contributed by atoms with Gasteiger partial charge in [-0.2, -0.15) is 0 Å². The van der Waals surface area contributed by atoms with Crippen molar-refractivity contribution in [2.45, 2.75) is 26.4 Å². The first-order valence-electron chi connectivity index (χ1n) is 9.03. The van der Waals surface area contributed by atoms with Crippen LogP contribution < -0.4 is 26.5 Å². The topological polar surface area (TPSA) is 109 Å². The summed E-state index contributed by atoms with van der Waals surface area (Å²) in [6, 6.07) is 5.57. The average molecular weight is 388 g/mol. The number of nitrogen functional groups attached to an aromatic ring is 1. The van der Waals surface area contributed by atoms with Crippen molar-refractivity contribution in [3.8, 4) is 11.5 Å². The Morgan fingerprint density at radius 2 is 1.96 bits per heavy atom. The number of rotatable bonds is 7. The van der Waals surface area contributed by atoms with Crippen molar-refractivity contribution in [1.29, 1.82) is 0 Å². The predicted molar refractivity (Wildman–Crippen MR) is 104 cm³/mol. The first-order chi connectivity index (χ1) is 13.3. The number of Topliss-reactive ketones (excluding diaryl/α,β-unsaturated/α-hetero) is 1. The molecule has 2 N–H and O–H groups in total. The molecule has 2 aromatic rings. The summed E-state index contributed by atoms with van der Waals surface area (Å²) in [5.41, 5.74) is 5.62. The van der Waals surface area contributed by atoms with Crippen LogP contribution in [0, 0.1) is 0 Å². The van der Waals surface area contributed by atoms with Crippen molar-refractivity contribution in [3.63, 3.8) is 0 Å². The number of ether oxygens (including phenoxy) is 2. The number of anilines is 1. The van der Waals surface area contributed by atoms with Crippen LogP contribution in [0.4, 0.5) is 5.82 Å². The summed E-state index contributed by atoms with van der Waals surface area (Å²) in [5.74, 6) is 0.863. The number of fused-ring (bicyclic) bond motifs is 1. The van der Waals surface area contributed by atoms with E-state index in [-0.39, 0.29) is 24.7 Å². The van der Waals surface area contributed by atoms with Gasteiger partial charge < -0.3 is 15.2 Å². The molecule has 3 rings (SSSR count). The van der Waals surface area contributed by atoms with Gasteiger partial charge in [0.1, 0.15) is 11.4 Å². The minimum Gasteiger partial charge on any atom is -0.454 e. The summed E-state index contributed by atoms with van der Waals surface area (Å²) < 4.78 is 12.9. The summed E-state index contributed by atoms with van der Waals surface area (Å²) >= 11 is 0. The number of hydrogen-bond acceptors (Lipinski definition) is 7. The molecule has 0 spiro atoms. The van der Waals surface area contributed by atoms with Crippen LogP contribution in [0.5, 0.6) is 11.5 Å². The van der Waals surface area contributed by atoms with Crippen molar-refractivity contribution >= 4 is 11.6 Å². The maximum absolute atomic E-state index is 12.8. The monoisotopic (exact) mass is 388 g/mol. The van der Waals surface area contributed by atoms with Crippen molar-refractivity contribution in [2.75, 3.05) is 26.1 Å². The van der Waals surface area contributed by atoms with Gasteiger partial charge in [0.15, 0.2) is 17.3 Å². The Hall–Kier alpha value is -3.07. The van der Waals surface area contributed by atoms with Crippen LogP contribution in [0.25, 0.3) is 0 Å². The minimum absolute atomic E-state index is 0.0157. The first kappa shape index (κ1) is 19.7. The van der Waals surface area contributed by atoms with E-state index in [0.29, 0.717) is 31.0 Å². The molecule has 1 aliphatic rings. The quantitative estimate of drug-likeness (QED) is 0.691. The molecule has 0 aliphatic carbocycles. The highest BCUT2D eigenvalue weighted by atomic mass is 16.7. The van der Waals surface area contributed by atoms with E-state index in [1.807, 2.05) is 25.1 Å². The zero-order chi connectivity index (χ0) is 20.4. The largest absolute Gasteiger partial charge is 0.454 e. The van der Waals surface area contributed by atoms with Gasteiger partial charge in [-0.05, 0) is 31.2 Å². The maximum atomic E-state index is 12.8. The van der Waals surface area contributed by atoms with Gasteiger partial charge in [-0.25, -0.2) is 4.79 Å². The first-order valence-corrected chi connectivity index (χ1v) is 9.03. The highest BCUT2D eigenvalue weighted by Crippen LogP contribution is 2.32. The fraction of sp³-hybridized carbons (Fsp3) is 0.421. The molecule has 0 amide bonds. The second-order valence-electron chi connectivity index (χ2n) is 6.84. The molecule has 9 nitrogen and oxygen atoms in total. The third-order valence-electron chi connectivity index (χ3n) is 4.61.